The summed E-state index contributed by atoms with van der Waals surface area (Å²) < 4.78 is 27.8. The SMILES string of the molecule is CC(=O)OC1[C@@H]2CO[C@@H](O2)[C@H](OC(C)=O)[C@H]1OCc1ccccc1. The third kappa shape index (κ3) is 3.75. The fraction of sp³-hybridized carbons (Fsp3) is 0.529. The highest BCUT2D eigenvalue weighted by Gasteiger charge is 2.54. The lowest BCUT2D eigenvalue weighted by molar-refractivity contribution is -0.255. The summed E-state index contributed by atoms with van der Waals surface area (Å²) in [5, 5.41) is 0. The van der Waals surface area contributed by atoms with Crippen molar-refractivity contribution >= 4 is 11.9 Å². The molecule has 0 spiro atoms. The molecule has 2 saturated heterocycles. The van der Waals surface area contributed by atoms with Crippen molar-refractivity contribution in [1.29, 1.82) is 0 Å². The fourth-order valence-corrected chi connectivity index (χ4v) is 2.94. The van der Waals surface area contributed by atoms with Crippen LogP contribution in [-0.4, -0.2) is 49.3 Å². The Hall–Kier alpha value is -1.96. The molecule has 5 atom stereocenters. The molecule has 130 valence electrons. The molecule has 2 heterocycles. The Morgan fingerprint density at radius 2 is 1.71 bits per heavy atom. The number of rotatable bonds is 5. The van der Waals surface area contributed by atoms with Gasteiger partial charge in [0, 0.05) is 13.8 Å². The van der Waals surface area contributed by atoms with Crippen LogP contribution in [0.2, 0.25) is 0 Å². The highest BCUT2D eigenvalue weighted by molar-refractivity contribution is 5.67. The first-order chi connectivity index (χ1) is 11.5. The number of benzene rings is 1. The van der Waals surface area contributed by atoms with Crippen LogP contribution in [0.5, 0.6) is 0 Å². The number of carbonyl (C=O) groups is 2. The van der Waals surface area contributed by atoms with E-state index in [0.29, 0.717) is 6.61 Å². The van der Waals surface area contributed by atoms with Crippen LogP contribution in [0.4, 0.5) is 0 Å². The Balaban J connectivity index is 1.79. The van der Waals surface area contributed by atoms with Gasteiger partial charge in [-0.2, -0.15) is 0 Å². The van der Waals surface area contributed by atoms with Gasteiger partial charge in [-0.15, -0.1) is 0 Å². The van der Waals surface area contributed by atoms with E-state index in [9.17, 15) is 9.59 Å². The van der Waals surface area contributed by atoms with Crippen LogP contribution in [0, 0.1) is 0 Å². The second kappa shape index (κ2) is 7.29. The summed E-state index contributed by atoms with van der Waals surface area (Å²) in [4.78, 5) is 22.9. The first kappa shape index (κ1) is 16.9. The topological polar surface area (TPSA) is 80.3 Å². The molecule has 7 nitrogen and oxygen atoms in total. The fourth-order valence-electron chi connectivity index (χ4n) is 2.94. The van der Waals surface area contributed by atoms with Gasteiger partial charge in [0.25, 0.3) is 0 Å². The van der Waals surface area contributed by atoms with Crippen LogP contribution in [0.1, 0.15) is 19.4 Å². The van der Waals surface area contributed by atoms with E-state index in [1.54, 1.807) is 0 Å². The summed E-state index contributed by atoms with van der Waals surface area (Å²) in [7, 11) is 0. The summed E-state index contributed by atoms with van der Waals surface area (Å²) in [6.07, 6.45) is -3.31. The lowest BCUT2D eigenvalue weighted by Crippen LogP contribution is -2.57. The molecule has 2 aliphatic heterocycles. The first-order valence-corrected chi connectivity index (χ1v) is 7.81. The van der Waals surface area contributed by atoms with Crippen molar-refractivity contribution in [2.45, 2.75) is 51.2 Å². The second-order valence-corrected chi connectivity index (χ2v) is 5.79. The standard InChI is InChI=1S/C17H20O7/c1-10(18)22-14-13-9-21-17(24-13)16(23-11(2)19)15(14)20-8-12-6-4-3-5-7-12/h3-7,13-17H,8-9H2,1-2H3/t13-,14?,15-,16+,17-/m0/s1. The molecule has 0 saturated carbocycles. The van der Waals surface area contributed by atoms with Crippen molar-refractivity contribution in [1.82, 2.24) is 0 Å². The third-order valence-corrected chi connectivity index (χ3v) is 3.91. The van der Waals surface area contributed by atoms with E-state index in [0.717, 1.165) is 5.56 Å². The molecule has 24 heavy (non-hydrogen) atoms. The van der Waals surface area contributed by atoms with Crippen LogP contribution in [-0.2, 0) is 39.9 Å². The minimum absolute atomic E-state index is 0.256. The molecule has 1 aromatic carbocycles. The normalized spacial score (nSPS) is 31.5. The van der Waals surface area contributed by atoms with Crippen molar-refractivity contribution in [2.75, 3.05) is 6.61 Å². The summed E-state index contributed by atoms with van der Waals surface area (Å²) in [5.74, 6) is -0.934. The third-order valence-electron chi connectivity index (χ3n) is 3.91. The zero-order valence-electron chi connectivity index (χ0n) is 13.5. The zero-order chi connectivity index (χ0) is 17.1. The zero-order valence-corrected chi connectivity index (χ0v) is 13.5. The highest BCUT2D eigenvalue weighted by Crippen LogP contribution is 2.34. The molecule has 0 N–H and O–H groups in total. The molecule has 0 aromatic heterocycles. The van der Waals surface area contributed by atoms with Crippen molar-refractivity contribution < 1.29 is 33.3 Å². The molecular weight excluding hydrogens is 316 g/mol. The quantitative estimate of drug-likeness (QED) is 0.747. The summed E-state index contributed by atoms with van der Waals surface area (Å²) >= 11 is 0. The maximum Gasteiger partial charge on any atom is 0.303 e. The highest BCUT2D eigenvalue weighted by atomic mass is 16.8. The summed E-state index contributed by atoms with van der Waals surface area (Å²) in [6, 6.07) is 9.57. The number of carbonyl (C=O) groups excluding carboxylic acids is 2. The molecule has 2 fully saturated rings. The van der Waals surface area contributed by atoms with E-state index in [1.165, 1.54) is 13.8 Å². The van der Waals surface area contributed by atoms with E-state index in [4.69, 9.17) is 23.7 Å². The molecule has 2 aliphatic rings. The molecule has 2 bridgehead atoms. The summed E-state index contributed by atoms with van der Waals surface area (Å²) in [5.41, 5.74) is 0.959. The van der Waals surface area contributed by atoms with Gasteiger partial charge in [0.2, 0.25) is 0 Å². The largest absolute Gasteiger partial charge is 0.457 e. The van der Waals surface area contributed by atoms with Crippen molar-refractivity contribution in [3.8, 4) is 0 Å². The molecule has 7 heteroatoms. The van der Waals surface area contributed by atoms with Crippen molar-refractivity contribution in [2.24, 2.45) is 0 Å². The van der Waals surface area contributed by atoms with Crippen LogP contribution in [0.15, 0.2) is 30.3 Å². The lowest BCUT2D eigenvalue weighted by atomic mass is 10.00. The average molecular weight is 336 g/mol. The van der Waals surface area contributed by atoms with Gasteiger partial charge in [0.15, 0.2) is 18.5 Å². The molecular formula is C17H20O7. The van der Waals surface area contributed by atoms with Gasteiger partial charge in [0.05, 0.1) is 13.2 Å². The molecule has 1 aromatic rings. The van der Waals surface area contributed by atoms with Crippen LogP contribution >= 0.6 is 0 Å². The minimum atomic E-state index is -0.797. The van der Waals surface area contributed by atoms with Gasteiger partial charge in [-0.3, -0.25) is 9.59 Å². The Morgan fingerprint density at radius 1 is 1.04 bits per heavy atom. The Bertz CT molecular complexity index is 558. The van der Waals surface area contributed by atoms with E-state index in [1.807, 2.05) is 30.3 Å². The Labute approximate surface area is 139 Å². The van der Waals surface area contributed by atoms with Crippen molar-refractivity contribution in [3.63, 3.8) is 0 Å². The maximum atomic E-state index is 11.5. The van der Waals surface area contributed by atoms with Gasteiger partial charge in [-0.05, 0) is 5.56 Å². The van der Waals surface area contributed by atoms with Crippen LogP contribution in [0.25, 0.3) is 0 Å². The van der Waals surface area contributed by atoms with Crippen LogP contribution < -0.4 is 0 Å². The number of hydrogen-bond acceptors (Lipinski definition) is 7. The average Bonchev–Trinajstić information content (AvgIpc) is 2.98. The van der Waals surface area contributed by atoms with E-state index in [-0.39, 0.29) is 6.61 Å². The lowest BCUT2D eigenvalue weighted by Gasteiger charge is -2.39. The Morgan fingerprint density at radius 3 is 2.38 bits per heavy atom. The van der Waals surface area contributed by atoms with E-state index < -0.39 is 42.6 Å². The van der Waals surface area contributed by atoms with Gasteiger partial charge in [-0.25, -0.2) is 0 Å². The number of ether oxygens (including phenoxy) is 5. The van der Waals surface area contributed by atoms with Crippen molar-refractivity contribution in [3.05, 3.63) is 35.9 Å². The molecule has 0 radical (unpaired) electrons. The first-order valence-electron chi connectivity index (χ1n) is 7.81. The minimum Gasteiger partial charge on any atom is -0.457 e. The van der Waals surface area contributed by atoms with Gasteiger partial charge in [-0.1, -0.05) is 30.3 Å². The molecule has 0 amide bonds. The predicted molar refractivity (Wildman–Crippen MR) is 80.7 cm³/mol. The predicted octanol–water partition coefficient (Wildman–Crippen LogP) is 1.19. The van der Waals surface area contributed by atoms with Gasteiger partial charge in [0.1, 0.15) is 12.2 Å². The molecule has 1 unspecified atom stereocenters. The Kier molecular flexibility index (Phi) is 5.13. The van der Waals surface area contributed by atoms with Crippen LogP contribution in [0.3, 0.4) is 0 Å². The van der Waals surface area contributed by atoms with E-state index in [2.05, 4.69) is 0 Å². The van der Waals surface area contributed by atoms with E-state index >= 15 is 0 Å². The van der Waals surface area contributed by atoms with Gasteiger partial charge >= 0.3 is 11.9 Å². The number of hydrogen-bond donors (Lipinski definition) is 0. The second-order valence-electron chi connectivity index (χ2n) is 5.79. The maximum absolute atomic E-state index is 11.5. The van der Waals surface area contributed by atoms with Gasteiger partial charge < -0.3 is 23.7 Å². The monoisotopic (exact) mass is 336 g/mol. The number of esters is 2. The molecule has 0 aliphatic carbocycles. The number of fused-ring (bicyclic) bond motifs is 2. The smallest absolute Gasteiger partial charge is 0.303 e. The summed E-state index contributed by atoms with van der Waals surface area (Å²) in [6.45, 7) is 3.17. The molecule has 3 rings (SSSR count).